The Morgan fingerprint density at radius 2 is 1.64 bits per heavy atom. The minimum absolute atomic E-state index is 0.244. The Morgan fingerprint density at radius 1 is 1.00 bits per heavy atom. The monoisotopic (exact) mass is 397 g/mol. The van der Waals surface area contributed by atoms with E-state index in [9.17, 15) is 0 Å². The summed E-state index contributed by atoms with van der Waals surface area (Å²) in [6, 6.07) is 7.79. The average molecular weight is 398 g/mol. The number of thiazole rings is 1. The Morgan fingerprint density at radius 3 is 2.29 bits per heavy atom. The number of nitrogens with zero attached hydrogens (tertiary/aromatic N) is 3. The highest BCUT2D eigenvalue weighted by atomic mass is 32.1. The van der Waals surface area contributed by atoms with Crippen LogP contribution in [0.4, 0.5) is 5.13 Å². The van der Waals surface area contributed by atoms with E-state index in [1.807, 2.05) is 0 Å². The summed E-state index contributed by atoms with van der Waals surface area (Å²) in [5, 5.41) is 3.43. The summed E-state index contributed by atoms with van der Waals surface area (Å²) in [6.45, 7) is 11.8. The largest absolute Gasteiger partial charge is 0.348 e. The summed E-state index contributed by atoms with van der Waals surface area (Å²) in [7, 11) is 4.39. The first-order valence-corrected chi connectivity index (χ1v) is 11.6. The molecule has 1 aliphatic heterocycles. The second-order valence-corrected chi connectivity index (χ2v) is 11.1. The number of benzene rings is 1. The molecule has 2 heterocycles. The lowest BCUT2D eigenvalue weighted by Crippen LogP contribution is -2.41. The van der Waals surface area contributed by atoms with E-state index in [1.54, 1.807) is 11.3 Å². The maximum absolute atomic E-state index is 5.04. The highest BCUT2D eigenvalue weighted by Crippen LogP contribution is 2.47. The highest BCUT2D eigenvalue weighted by Gasteiger charge is 2.37. The Labute approximate surface area is 174 Å². The van der Waals surface area contributed by atoms with Crippen LogP contribution in [0.5, 0.6) is 0 Å². The zero-order valence-corrected chi connectivity index (χ0v) is 19.2. The van der Waals surface area contributed by atoms with Crippen LogP contribution in [0, 0.1) is 0 Å². The molecule has 0 saturated carbocycles. The van der Waals surface area contributed by atoms with Gasteiger partial charge in [-0.15, -0.1) is 11.3 Å². The standard InChI is InChI=1S/C24H35N3S/c1-23(2)11-12-24(3,4)20-15-17(7-8-19(20)23)21-16-28-22(25-21)27-13-9-18(10-14-27)26(5)6/h7-8,15-16,18H,9-14H2,1-6H3. The van der Waals surface area contributed by atoms with Gasteiger partial charge in [-0.1, -0.05) is 39.8 Å². The van der Waals surface area contributed by atoms with E-state index >= 15 is 0 Å². The number of anilines is 1. The molecule has 0 unspecified atom stereocenters. The fraction of sp³-hybridized carbons (Fsp3) is 0.625. The Bertz CT molecular complexity index is 841. The van der Waals surface area contributed by atoms with E-state index in [4.69, 9.17) is 4.98 Å². The SMILES string of the molecule is CN(C)C1CCN(c2nc(-c3ccc4c(c3)C(C)(C)CCC4(C)C)cs2)CC1. The van der Waals surface area contributed by atoms with Crippen molar-refractivity contribution in [3.63, 3.8) is 0 Å². The van der Waals surface area contributed by atoms with E-state index in [0.717, 1.165) is 18.8 Å². The van der Waals surface area contributed by atoms with Gasteiger partial charge in [-0.3, -0.25) is 0 Å². The van der Waals surface area contributed by atoms with Crippen molar-refractivity contribution in [1.29, 1.82) is 0 Å². The zero-order chi connectivity index (χ0) is 20.1. The number of hydrogen-bond acceptors (Lipinski definition) is 4. The van der Waals surface area contributed by atoms with Gasteiger partial charge in [0.1, 0.15) is 0 Å². The minimum atomic E-state index is 0.244. The first kappa shape index (κ1) is 19.9. The summed E-state index contributed by atoms with van der Waals surface area (Å²) >= 11 is 1.80. The molecule has 152 valence electrons. The molecular weight excluding hydrogens is 362 g/mol. The first-order valence-electron chi connectivity index (χ1n) is 10.7. The van der Waals surface area contributed by atoms with Gasteiger partial charge in [-0.2, -0.15) is 0 Å². The van der Waals surface area contributed by atoms with Crippen molar-refractivity contribution in [3.8, 4) is 11.3 Å². The smallest absolute Gasteiger partial charge is 0.185 e. The van der Waals surface area contributed by atoms with Crippen molar-refractivity contribution in [3.05, 3.63) is 34.7 Å². The van der Waals surface area contributed by atoms with Gasteiger partial charge in [0.25, 0.3) is 0 Å². The Balaban J connectivity index is 1.58. The van der Waals surface area contributed by atoms with Crippen LogP contribution in [0.2, 0.25) is 0 Å². The second kappa shape index (κ2) is 7.14. The first-order chi connectivity index (χ1) is 13.2. The van der Waals surface area contributed by atoms with Crippen molar-refractivity contribution in [1.82, 2.24) is 9.88 Å². The van der Waals surface area contributed by atoms with E-state index in [0.29, 0.717) is 6.04 Å². The molecule has 0 amide bonds. The summed E-state index contributed by atoms with van der Waals surface area (Å²) in [4.78, 5) is 9.87. The molecule has 4 rings (SSSR count). The lowest BCUT2D eigenvalue weighted by atomic mass is 9.63. The van der Waals surface area contributed by atoms with Crippen LogP contribution in [0.15, 0.2) is 23.6 Å². The highest BCUT2D eigenvalue weighted by molar-refractivity contribution is 7.14. The number of fused-ring (bicyclic) bond motifs is 1. The molecule has 0 N–H and O–H groups in total. The molecular formula is C24H35N3S. The molecule has 1 fully saturated rings. The average Bonchev–Trinajstić information content (AvgIpc) is 3.15. The van der Waals surface area contributed by atoms with Gasteiger partial charge in [-0.05, 0) is 67.8 Å². The number of hydrogen-bond donors (Lipinski definition) is 0. The Hall–Kier alpha value is -1.39. The molecule has 0 radical (unpaired) electrons. The molecule has 1 aliphatic carbocycles. The summed E-state index contributed by atoms with van der Waals surface area (Å²) < 4.78 is 0. The van der Waals surface area contributed by atoms with Crippen LogP contribution >= 0.6 is 11.3 Å². The normalized spacial score (nSPS) is 21.8. The van der Waals surface area contributed by atoms with Crippen molar-refractivity contribution in [2.75, 3.05) is 32.1 Å². The van der Waals surface area contributed by atoms with Gasteiger partial charge in [-0.25, -0.2) is 4.98 Å². The van der Waals surface area contributed by atoms with Crippen molar-refractivity contribution in [2.45, 2.75) is 70.3 Å². The molecule has 4 heteroatoms. The lowest BCUT2D eigenvalue weighted by molar-refractivity contribution is 0.249. The number of piperidine rings is 1. The molecule has 3 nitrogen and oxygen atoms in total. The van der Waals surface area contributed by atoms with Crippen LogP contribution in [0.25, 0.3) is 11.3 Å². The summed E-state index contributed by atoms with van der Waals surface area (Å²) in [6.07, 6.45) is 4.96. The topological polar surface area (TPSA) is 19.4 Å². The molecule has 2 aliphatic rings. The van der Waals surface area contributed by atoms with Gasteiger partial charge >= 0.3 is 0 Å². The third-order valence-corrected chi connectivity index (χ3v) is 8.01. The van der Waals surface area contributed by atoms with E-state index < -0.39 is 0 Å². The van der Waals surface area contributed by atoms with Gasteiger partial charge in [0.05, 0.1) is 5.69 Å². The molecule has 0 spiro atoms. The van der Waals surface area contributed by atoms with E-state index in [1.165, 1.54) is 47.5 Å². The van der Waals surface area contributed by atoms with Crippen molar-refractivity contribution in [2.24, 2.45) is 0 Å². The minimum Gasteiger partial charge on any atom is -0.348 e. The van der Waals surface area contributed by atoms with Gasteiger partial charge in [0, 0.05) is 30.1 Å². The second-order valence-electron chi connectivity index (χ2n) is 10.2. The summed E-state index contributed by atoms with van der Waals surface area (Å²) in [5.74, 6) is 0. The number of rotatable bonds is 3. The maximum Gasteiger partial charge on any atom is 0.185 e. The molecule has 1 aromatic carbocycles. The van der Waals surface area contributed by atoms with Crippen LogP contribution in [0.3, 0.4) is 0 Å². The van der Waals surface area contributed by atoms with E-state index in [2.05, 4.69) is 75.2 Å². The quantitative estimate of drug-likeness (QED) is 0.663. The van der Waals surface area contributed by atoms with Gasteiger partial charge < -0.3 is 9.80 Å². The fourth-order valence-corrected chi connectivity index (χ4v) is 5.75. The predicted molar refractivity (Wildman–Crippen MR) is 122 cm³/mol. The molecule has 2 aromatic rings. The molecule has 1 saturated heterocycles. The van der Waals surface area contributed by atoms with E-state index in [-0.39, 0.29) is 10.8 Å². The van der Waals surface area contributed by atoms with Crippen molar-refractivity contribution < 1.29 is 0 Å². The third kappa shape index (κ3) is 3.61. The Kier molecular flexibility index (Phi) is 5.08. The van der Waals surface area contributed by atoms with Crippen LogP contribution in [0.1, 0.15) is 64.5 Å². The van der Waals surface area contributed by atoms with Crippen LogP contribution in [-0.4, -0.2) is 43.1 Å². The van der Waals surface area contributed by atoms with Crippen molar-refractivity contribution >= 4 is 16.5 Å². The maximum atomic E-state index is 5.04. The molecule has 0 atom stereocenters. The predicted octanol–water partition coefficient (Wildman–Crippen LogP) is 5.69. The molecule has 28 heavy (non-hydrogen) atoms. The fourth-order valence-electron chi connectivity index (χ4n) is 4.86. The van der Waals surface area contributed by atoms with Crippen LogP contribution in [-0.2, 0) is 10.8 Å². The van der Waals surface area contributed by atoms with Gasteiger partial charge in [0.15, 0.2) is 5.13 Å². The third-order valence-electron chi connectivity index (χ3n) is 7.11. The zero-order valence-electron chi connectivity index (χ0n) is 18.4. The number of aromatic nitrogens is 1. The lowest BCUT2D eigenvalue weighted by Gasteiger charge is -2.42. The van der Waals surface area contributed by atoms with Gasteiger partial charge in [0.2, 0.25) is 0 Å². The molecule has 0 bridgehead atoms. The summed E-state index contributed by atoms with van der Waals surface area (Å²) in [5.41, 5.74) is 5.96. The van der Waals surface area contributed by atoms with Crippen LogP contribution < -0.4 is 4.90 Å². The molecule has 1 aromatic heterocycles.